The van der Waals surface area contributed by atoms with Gasteiger partial charge in [0.05, 0.1) is 0 Å². The number of halogens is 1. The zero-order valence-corrected chi connectivity index (χ0v) is 19.7. The van der Waals surface area contributed by atoms with Crippen LogP contribution >= 0.6 is 7.26 Å². The predicted molar refractivity (Wildman–Crippen MR) is 129 cm³/mol. The van der Waals surface area contributed by atoms with Crippen LogP contribution in [0.25, 0.3) is 5.65 Å². The molecule has 0 aliphatic rings. The number of fused-ring (bicyclic) bond motifs is 1. The summed E-state index contributed by atoms with van der Waals surface area (Å²) in [6.45, 7) is 4.01. The Hall–Kier alpha value is -3.07. The van der Waals surface area contributed by atoms with Gasteiger partial charge in [-0.3, -0.25) is 0 Å². The average Bonchev–Trinajstić information content (AvgIpc) is 3.27. The molecule has 2 aromatic heterocycles. The maximum Gasteiger partial charge on any atom is 0.190 e. The van der Waals surface area contributed by atoms with Crippen LogP contribution < -0.4 is 28.3 Å². The number of rotatable bonds is 5. The van der Waals surface area contributed by atoms with Crippen LogP contribution in [0.1, 0.15) is 17.2 Å². The lowest BCUT2D eigenvalue weighted by Crippen LogP contribution is -3.00. The van der Waals surface area contributed by atoms with Crippen molar-refractivity contribution < 1.29 is 12.4 Å². The first-order valence-corrected chi connectivity index (χ1v) is 12.4. The fraction of sp³-hybridized carbons (Fsp3) is 0.115. The third-order valence-electron chi connectivity index (χ3n) is 5.72. The molecular weight excluding hydrogens is 435 g/mol. The molecule has 0 N–H and O–H groups in total. The van der Waals surface area contributed by atoms with Crippen LogP contribution in [0, 0.1) is 13.8 Å². The summed E-state index contributed by atoms with van der Waals surface area (Å²) in [5.74, 6) is 1.70. The van der Waals surface area contributed by atoms with Gasteiger partial charge in [-0.15, -0.1) is 5.10 Å². The number of benzene rings is 3. The van der Waals surface area contributed by atoms with E-state index in [1.807, 2.05) is 24.6 Å². The Morgan fingerprint density at radius 2 is 1.19 bits per heavy atom. The Kier molecular flexibility index (Phi) is 6.36. The van der Waals surface area contributed by atoms with Crippen LogP contribution in [0.3, 0.4) is 0 Å². The quantitative estimate of drug-likeness (QED) is 0.372. The van der Waals surface area contributed by atoms with Crippen LogP contribution in [0.15, 0.2) is 97.2 Å². The van der Waals surface area contributed by atoms with Gasteiger partial charge in [0, 0.05) is 11.8 Å². The fourth-order valence-electron chi connectivity index (χ4n) is 4.19. The molecule has 0 radical (unpaired) electrons. The molecule has 0 atom stereocenters. The zero-order chi connectivity index (χ0) is 21.3. The second kappa shape index (κ2) is 9.20. The van der Waals surface area contributed by atoms with Gasteiger partial charge in [0.25, 0.3) is 0 Å². The highest BCUT2D eigenvalue weighted by Crippen LogP contribution is 2.57. The number of aryl methyl sites for hydroxylation is 2. The summed E-state index contributed by atoms with van der Waals surface area (Å²) in [4.78, 5) is 9.43. The van der Waals surface area contributed by atoms with Gasteiger partial charge in [-0.2, -0.15) is 4.52 Å². The maximum absolute atomic E-state index is 4.97. The Bertz CT molecular complexity index is 1190. The first-order valence-electron chi connectivity index (χ1n) is 10.4. The molecule has 32 heavy (non-hydrogen) atoms. The van der Waals surface area contributed by atoms with Gasteiger partial charge in [-0.1, -0.05) is 54.6 Å². The second-order valence-corrected chi connectivity index (χ2v) is 11.2. The molecule has 6 heteroatoms. The molecule has 0 unspecified atom stereocenters. The van der Waals surface area contributed by atoms with Gasteiger partial charge >= 0.3 is 0 Å². The highest BCUT2D eigenvalue weighted by Gasteiger charge is 2.46. The summed E-state index contributed by atoms with van der Waals surface area (Å²) < 4.78 is 1.88. The molecule has 0 amide bonds. The van der Waals surface area contributed by atoms with Gasteiger partial charge < -0.3 is 12.4 Å². The van der Waals surface area contributed by atoms with Crippen molar-refractivity contribution >= 4 is 28.8 Å². The molecule has 0 aliphatic heterocycles. The smallest absolute Gasteiger partial charge is 0.190 e. The van der Waals surface area contributed by atoms with E-state index in [0.29, 0.717) is 0 Å². The summed E-state index contributed by atoms with van der Waals surface area (Å²) in [5, 5.41) is 8.90. The van der Waals surface area contributed by atoms with Crippen molar-refractivity contribution in [2.75, 3.05) is 0 Å². The standard InChI is InChI=1S/C26H24N4P.ClH/c1-20-18-27-21(2)30-26(20)28-25(29-30)19-31(22-12-6-3-7-13-22,23-14-8-4-9-15-23)24-16-10-5-11-17-24;/h3-18H,19H2,1-2H3;1H/q+1;/p-1. The van der Waals surface area contributed by atoms with E-state index < -0.39 is 7.26 Å². The highest BCUT2D eigenvalue weighted by molar-refractivity contribution is 7.95. The Morgan fingerprint density at radius 3 is 1.62 bits per heavy atom. The third-order valence-corrected chi connectivity index (χ3v) is 10.0. The molecule has 160 valence electrons. The van der Waals surface area contributed by atoms with Crippen molar-refractivity contribution in [3.63, 3.8) is 0 Å². The highest BCUT2D eigenvalue weighted by atomic mass is 35.5. The van der Waals surface area contributed by atoms with E-state index in [1.54, 1.807) is 0 Å². The predicted octanol–water partition coefficient (Wildman–Crippen LogP) is 1.24. The minimum atomic E-state index is -2.02. The van der Waals surface area contributed by atoms with Gasteiger partial charge in [-0.25, -0.2) is 9.97 Å². The number of aromatic nitrogens is 4. The molecule has 4 nitrogen and oxygen atoms in total. The van der Waals surface area contributed by atoms with Crippen molar-refractivity contribution in [2.24, 2.45) is 0 Å². The van der Waals surface area contributed by atoms with Crippen molar-refractivity contribution in [1.29, 1.82) is 0 Å². The molecular formula is C26H24ClN4P. The topological polar surface area (TPSA) is 43.1 Å². The van der Waals surface area contributed by atoms with Crippen molar-refractivity contribution in [1.82, 2.24) is 19.6 Å². The van der Waals surface area contributed by atoms with E-state index >= 15 is 0 Å². The van der Waals surface area contributed by atoms with Gasteiger partial charge in [0.2, 0.25) is 0 Å². The first-order chi connectivity index (χ1) is 15.2. The van der Waals surface area contributed by atoms with E-state index in [2.05, 4.69) is 96.0 Å². The molecule has 0 spiro atoms. The zero-order valence-electron chi connectivity index (χ0n) is 18.1. The van der Waals surface area contributed by atoms with Crippen molar-refractivity contribution in [2.45, 2.75) is 20.0 Å². The maximum atomic E-state index is 4.97. The molecule has 5 aromatic rings. The number of hydrogen-bond acceptors (Lipinski definition) is 3. The minimum Gasteiger partial charge on any atom is -1.00 e. The van der Waals surface area contributed by atoms with Gasteiger partial charge in [0.1, 0.15) is 35.2 Å². The van der Waals surface area contributed by atoms with E-state index in [4.69, 9.17) is 10.1 Å². The summed E-state index contributed by atoms with van der Waals surface area (Å²) in [6.07, 6.45) is 2.63. The van der Waals surface area contributed by atoms with E-state index in [9.17, 15) is 0 Å². The lowest BCUT2D eigenvalue weighted by molar-refractivity contribution is -0.00000650. The number of nitrogens with zero attached hydrogens (tertiary/aromatic N) is 4. The minimum absolute atomic E-state index is 0. The average molecular weight is 459 g/mol. The molecule has 0 bridgehead atoms. The molecule has 0 fully saturated rings. The van der Waals surface area contributed by atoms with Crippen LogP contribution in [-0.2, 0) is 6.16 Å². The molecule has 3 aromatic carbocycles. The Morgan fingerprint density at radius 1 is 0.719 bits per heavy atom. The molecule has 2 heterocycles. The lowest BCUT2D eigenvalue weighted by Gasteiger charge is -2.26. The van der Waals surface area contributed by atoms with Gasteiger partial charge in [-0.05, 0) is 50.2 Å². The van der Waals surface area contributed by atoms with Gasteiger partial charge in [0.15, 0.2) is 11.5 Å². The fourth-order valence-corrected chi connectivity index (χ4v) is 8.23. The van der Waals surface area contributed by atoms with E-state index in [-0.39, 0.29) is 12.4 Å². The number of hydrogen-bond donors (Lipinski definition) is 0. The normalized spacial score (nSPS) is 11.3. The van der Waals surface area contributed by atoms with Crippen LogP contribution in [0.5, 0.6) is 0 Å². The monoisotopic (exact) mass is 458 g/mol. The molecule has 0 aliphatic carbocycles. The Labute approximate surface area is 195 Å². The van der Waals surface area contributed by atoms with Crippen LogP contribution in [-0.4, -0.2) is 19.6 Å². The largest absolute Gasteiger partial charge is 1.00 e. The van der Waals surface area contributed by atoms with Crippen LogP contribution in [0.2, 0.25) is 0 Å². The second-order valence-electron chi connectivity index (χ2n) is 7.73. The summed E-state index contributed by atoms with van der Waals surface area (Å²) in [5.41, 5.74) is 1.92. The van der Waals surface area contributed by atoms with E-state index in [1.165, 1.54) is 15.9 Å². The third kappa shape index (κ3) is 3.81. The SMILES string of the molecule is Cc1cnc(C)n2nc(C[P+](c3ccccc3)(c3ccccc3)c3ccccc3)nc12.[Cl-]. The van der Waals surface area contributed by atoms with E-state index in [0.717, 1.165) is 29.0 Å². The first kappa shape index (κ1) is 22.1. The molecule has 0 saturated heterocycles. The summed E-state index contributed by atoms with van der Waals surface area (Å²) >= 11 is 0. The van der Waals surface area contributed by atoms with Crippen molar-refractivity contribution in [3.05, 3.63) is 114 Å². The molecule has 0 saturated carbocycles. The van der Waals surface area contributed by atoms with Crippen molar-refractivity contribution in [3.8, 4) is 0 Å². The summed E-state index contributed by atoms with van der Waals surface area (Å²) in [6, 6.07) is 32.5. The summed E-state index contributed by atoms with van der Waals surface area (Å²) in [7, 11) is -2.02. The molecule has 5 rings (SSSR count). The Balaban J connectivity index is 0.00000245. The lowest BCUT2D eigenvalue weighted by atomic mass is 10.3. The van der Waals surface area contributed by atoms with Crippen LogP contribution in [0.4, 0.5) is 0 Å².